The van der Waals surface area contributed by atoms with Gasteiger partial charge in [0.05, 0.1) is 32.9 Å². The molecule has 0 N–H and O–H groups in total. The molecule has 0 bridgehead atoms. The van der Waals surface area contributed by atoms with Gasteiger partial charge in [-0.15, -0.1) is 0 Å². The Morgan fingerprint density at radius 3 is 2.40 bits per heavy atom. The smallest absolute Gasteiger partial charge is 0.341 e. The van der Waals surface area contributed by atoms with Gasteiger partial charge in [-0.2, -0.15) is 5.10 Å². The van der Waals surface area contributed by atoms with Gasteiger partial charge in [0.1, 0.15) is 28.5 Å². The molecule has 1 amide bonds. The number of esters is 1. The molecule has 4 aromatic rings. The zero-order chi connectivity index (χ0) is 24.9. The average Bonchev–Trinajstić information content (AvgIpc) is 3.46. The minimum absolute atomic E-state index is 0.183. The molecule has 2 aromatic carbocycles. The van der Waals surface area contributed by atoms with Crippen molar-refractivity contribution in [2.24, 2.45) is 0 Å². The Balaban J connectivity index is 1.64. The lowest BCUT2D eigenvalue weighted by Crippen LogP contribution is -2.26. The lowest BCUT2D eigenvalue weighted by atomic mass is 10.1. The van der Waals surface area contributed by atoms with Gasteiger partial charge in [0.25, 0.3) is 5.91 Å². The first-order chi connectivity index (χ1) is 16.9. The number of aryl methyl sites for hydroxylation is 1. The quantitative estimate of drug-likeness (QED) is 0.349. The van der Waals surface area contributed by atoms with Crippen LogP contribution in [0.15, 0.2) is 71.3 Å². The van der Waals surface area contributed by atoms with Crippen LogP contribution in [-0.4, -0.2) is 47.8 Å². The molecule has 35 heavy (non-hydrogen) atoms. The number of nitrogens with zero attached hydrogens (tertiary/aromatic N) is 3. The third-order valence-electron chi connectivity index (χ3n) is 5.66. The van der Waals surface area contributed by atoms with E-state index >= 15 is 0 Å². The Kier molecular flexibility index (Phi) is 7.01. The Labute approximate surface area is 203 Å². The molecule has 0 aliphatic rings. The summed E-state index contributed by atoms with van der Waals surface area (Å²) >= 11 is 0. The van der Waals surface area contributed by atoms with E-state index in [1.54, 1.807) is 38.0 Å². The lowest BCUT2D eigenvalue weighted by molar-refractivity contribution is 0.0598. The second-order valence-electron chi connectivity index (χ2n) is 8.14. The highest BCUT2D eigenvalue weighted by atomic mass is 16.5. The molecule has 0 fully saturated rings. The van der Waals surface area contributed by atoms with E-state index in [0.717, 1.165) is 16.9 Å². The van der Waals surface area contributed by atoms with E-state index in [1.165, 1.54) is 12.0 Å². The van der Waals surface area contributed by atoms with E-state index in [4.69, 9.17) is 19.0 Å². The molecule has 2 heterocycles. The van der Waals surface area contributed by atoms with Crippen molar-refractivity contribution in [1.29, 1.82) is 0 Å². The average molecular weight is 474 g/mol. The molecule has 0 aliphatic heterocycles. The maximum absolute atomic E-state index is 13.5. The SMILES string of the molecule is COC(=O)c1cc(CN(C)C(=O)c2cn(Cc3ccccc3)nc2-c2ccc(OC)cc2)oc1C. The molecule has 0 spiro atoms. The standard InChI is InChI=1S/C27H27N3O5/c1-18-23(27(32)34-4)14-22(35-18)16-29(2)26(31)24-17-30(15-19-8-6-5-7-9-19)28-25(24)20-10-12-21(33-3)13-11-20/h5-14,17H,15-16H2,1-4H3. The summed E-state index contributed by atoms with van der Waals surface area (Å²) in [4.78, 5) is 27.0. The number of benzene rings is 2. The number of rotatable bonds is 8. The second-order valence-corrected chi connectivity index (χ2v) is 8.14. The van der Waals surface area contributed by atoms with E-state index in [-0.39, 0.29) is 12.5 Å². The Bertz CT molecular complexity index is 1320. The Morgan fingerprint density at radius 1 is 1.03 bits per heavy atom. The first-order valence-electron chi connectivity index (χ1n) is 11.1. The zero-order valence-electron chi connectivity index (χ0n) is 20.1. The summed E-state index contributed by atoms with van der Waals surface area (Å²) in [6.07, 6.45) is 1.76. The van der Waals surface area contributed by atoms with Crippen LogP contribution < -0.4 is 4.74 Å². The number of carbonyl (C=O) groups excluding carboxylic acids is 2. The van der Waals surface area contributed by atoms with Gasteiger partial charge in [0, 0.05) is 18.8 Å². The van der Waals surface area contributed by atoms with E-state index < -0.39 is 5.97 Å². The fraction of sp³-hybridized carbons (Fsp3) is 0.222. The van der Waals surface area contributed by atoms with E-state index in [1.807, 2.05) is 54.6 Å². The van der Waals surface area contributed by atoms with Crippen LogP contribution in [0.4, 0.5) is 0 Å². The van der Waals surface area contributed by atoms with Crippen molar-refractivity contribution in [3.05, 3.63) is 95.1 Å². The van der Waals surface area contributed by atoms with Gasteiger partial charge >= 0.3 is 5.97 Å². The van der Waals surface area contributed by atoms with Gasteiger partial charge in [-0.25, -0.2) is 4.79 Å². The van der Waals surface area contributed by atoms with Crippen molar-refractivity contribution >= 4 is 11.9 Å². The molecule has 0 radical (unpaired) electrons. The molecular weight excluding hydrogens is 446 g/mol. The number of aromatic nitrogens is 2. The van der Waals surface area contributed by atoms with Gasteiger partial charge in [-0.1, -0.05) is 30.3 Å². The number of hydrogen-bond donors (Lipinski definition) is 0. The van der Waals surface area contributed by atoms with Crippen LogP contribution in [0.25, 0.3) is 11.3 Å². The number of ether oxygens (including phenoxy) is 2. The molecule has 8 nitrogen and oxygen atoms in total. The van der Waals surface area contributed by atoms with Crippen molar-refractivity contribution in [3.8, 4) is 17.0 Å². The van der Waals surface area contributed by atoms with E-state index in [0.29, 0.717) is 34.9 Å². The lowest BCUT2D eigenvalue weighted by Gasteiger charge is -2.15. The number of furan rings is 1. The predicted octanol–water partition coefficient (Wildman–Crippen LogP) is 4.57. The molecular formula is C27H27N3O5. The van der Waals surface area contributed by atoms with Crippen LogP contribution in [0.3, 0.4) is 0 Å². The van der Waals surface area contributed by atoms with Crippen LogP contribution in [0.5, 0.6) is 5.75 Å². The molecule has 8 heteroatoms. The van der Waals surface area contributed by atoms with Crippen molar-refractivity contribution < 1.29 is 23.5 Å². The van der Waals surface area contributed by atoms with Crippen molar-refractivity contribution in [1.82, 2.24) is 14.7 Å². The fourth-order valence-corrected chi connectivity index (χ4v) is 3.84. The minimum Gasteiger partial charge on any atom is -0.497 e. The van der Waals surface area contributed by atoms with Gasteiger partial charge in [-0.3, -0.25) is 9.48 Å². The largest absolute Gasteiger partial charge is 0.497 e. The Morgan fingerprint density at radius 2 is 1.74 bits per heavy atom. The molecule has 180 valence electrons. The van der Waals surface area contributed by atoms with Gasteiger partial charge in [0.2, 0.25) is 0 Å². The number of hydrogen-bond acceptors (Lipinski definition) is 6. The summed E-state index contributed by atoms with van der Waals surface area (Å²) in [5.74, 6) is 0.958. The summed E-state index contributed by atoms with van der Waals surface area (Å²) in [6.45, 7) is 2.40. The minimum atomic E-state index is -0.476. The van der Waals surface area contributed by atoms with Crippen molar-refractivity contribution in [2.45, 2.75) is 20.0 Å². The van der Waals surface area contributed by atoms with Crippen molar-refractivity contribution in [2.75, 3.05) is 21.3 Å². The molecule has 0 saturated carbocycles. The monoisotopic (exact) mass is 473 g/mol. The van der Waals surface area contributed by atoms with Crippen molar-refractivity contribution in [3.63, 3.8) is 0 Å². The summed E-state index contributed by atoms with van der Waals surface area (Å²) < 4.78 is 17.5. The summed E-state index contributed by atoms with van der Waals surface area (Å²) in [6, 6.07) is 19.0. The highest BCUT2D eigenvalue weighted by molar-refractivity contribution is 5.99. The third-order valence-corrected chi connectivity index (χ3v) is 5.66. The predicted molar refractivity (Wildman–Crippen MR) is 130 cm³/mol. The van der Waals surface area contributed by atoms with E-state index in [2.05, 4.69) is 0 Å². The Hall–Kier alpha value is -4.33. The number of methoxy groups -OCH3 is 2. The number of carbonyl (C=O) groups is 2. The van der Waals surface area contributed by atoms with E-state index in [9.17, 15) is 9.59 Å². The molecule has 4 rings (SSSR count). The van der Waals surface area contributed by atoms with Crippen LogP contribution in [0.2, 0.25) is 0 Å². The number of amides is 1. The van der Waals surface area contributed by atoms with Gasteiger partial charge < -0.3 is 18.8 Å². The molecule has 0 unspecified atom stereocenters. The summed E-state index contributed by atoms with van der Waals surface area (Å²) in [5, 5.41) is 4.74. The summed E-state index contributed by atoms with van der Waals surface area (Å²) in [7, 11) is 4.61. The first-order valence-corrected chi connectivity index (χ1v) is 11.1. The molecule has 0 aliphatic carbocycles. The highest BCUT2D eigenvalue weighted by Gasteiger charge is 2.23. The first kappa shape index (κ1) is 23.8. The fourth-order valence-electron chi connectivity index (χ4n) is 3.84. The second kappa shape index (κ2) is 10.3. The zero-order valence-corrected chi connectivity index (χ0v) is 20.1. The maximum Gasteiger partial charge on any atom is 0.341 e. The maximum atomic E-state index is 13.5. The van der Waals surface area contributed by atoms with Crippen LogP contribution in [0, 0.1) is 6.92 Å². The molecule has 0 saturated heterocycles. The van der Waals surface area contributed by atoms with Gasteiger partial charge in [0.15, 0.2) is 0 Å². The molecule has 0 atom stereocenters. The van der Waals surface area contributed by atoms with Crippen LogP contribution in [-0.2, 0) is 17.8 Å². The topological polar surface area (TPSA) is 86.8 Å². The molecule has 2 aromatic heterocycles. The van der Waals surface area contributed by atoms with Crippen LogP contribution >= 0.6 is 0 Å². The van der Waals surface area contributed by atoms with Crippen LogP contribution in [0.1, 0.15) is 37.8 Å². The van der Waals surface area contributed by atoms with Gasteiger partial charge in [-0.05, 0) is 42.8 Å². The normalized spacial score (nSPS) is 10.7. The summed E-state index contributed by atoms with van der Waals surface area (Å²) in [5.41, 5.74) is 3.26. The third kappa shape index (κ3) is 5.27. The highest BCUT2D eigenvalue weighted by Crippen LogP contribution is 2.26.